The van der Waals surface area contributed by atoms with Gasteiger partial charge in [-0.05, 0) is 24.3 Å². The first-order valence-electron chi connectivity index (χ1n) is 10.3. The molecule has 1 atom stereocenters. The Labute approximate surface area is 195 Å². The first-order chi connectivity index (χ1) is 13.8. The Morgan fingerprint density at radius 3 is 2.62 bits per heavy atom. The van der Waals surface area contributed by atoms with Crippen molar-refractivity contribution in [3.8, 4) is 0 Å². The predicted octanol–water partition coefficient (Wildman–Crippen LogP) is 1.60. The largest absolute Gasteiger partial charge is 0.379 e. The number of aromatic nitrogens is 1. The number of piperazine rings is 1. The van der Waals surface area contributed by atoms with Gasteiger partial charge in [-0.1, -0.05) is 6.07 Å². The van der Waals surface area contributed by atoms with Gasteiger partial charge in [-0.2, -0.15) is 11.8 Å². The number of anilines is 1. The van der Waals surface area contributed by atoms with Crippen LogP contribution in [0.3, 0.4) is 0 Å². The van der Waals surface area contributed by atoms with Crippen LogP contribution in [0.2, 0.25) is 0 Å². The Kier molecular flexibility index (Phi) is 8.70. The Hall–Kier alpha value is -0.780. The third-order valence-electron chi connectivity index (χ3n) is 6.10. The number of ether oxygens (including phenoxy) is 1. The van der Waals surface area contributed by atoms with Crippen LogP contribution in [0.4, 0.5) is 5.82 Å². The molecule has 0 amide bonds. The molecule has 9 heteroatoms. The van der Waals surface area contributed by atoms with Crippen LogP contribution >= 0.6 is 35.7 Å². The maximum atomic E-state index is 5.58. The highest BCUT2D eigenvalue weighted by Gasteiger charge is 2.41. The summed E-state index contributed by atoms with van der Waals surface area (Å²) in [6.45, 7) is 8.66. The summed E-state index contributed by atoms with van der Waals surface area (Å²) in [7, 11) is 1.90. The van der Waals surface area contributed by atoms with Crippen molar-refractivity contribution in [2.75, 3.05) is 82.5 Å². The van der Waals surface area contributed by atoms with Gasteiger partial charge in [-0.25, -0.2) is 4.98 Å². The maximum absolute atomic E-state index is 5.58. The smallest absolute Gasteiger partial charge is 0.193 e. The molecular weight excluding hydrogens is 499 g/mol. The summed E-state index contributed by atoms with van der Waals surface area (Å²) in [4.78, 5) is 16.5. The number of morpholine rings is 1. The minimum Gasteiger partial charge on any atom is -0.379 e. The summed E-state index contributed by atoms with van der Waals surface area (Å²) < 4.78 is 5.58. The lowest BCUT2D eigenvalue weighted by Crippen LogP contribution is -2.61. The van der Waals surface area contributed by atoms with Crippen molar-refractivity contribution in [2.24, 2.45) is 4.99 Å². The summed E-state index contributed by atoms with van der Waals surface area (Å²) >= 11 is 2.08. The van der Waals surface area contributed by atoms with Gasteiger partial charge in [0.1, 0.15) is 5.82 Å². The molecule has 0 radical (unpaired) electrons. The zero-order chi connectivity index (χ0) is 19.2. The molecule has 1 unspecified atom stereocenters. The highest BCUT2D eigenvalue weighted by molar-refractivity contribution is 14.0. The molecule has 3 aliphatic heterocycles. The van der Waals surface area contributed by atoms with Crippen molar-refractivity contribution in [1.82, 2.24) is 20.1 Å². The second kappa shape index (κ2) is 11.0. The molecule has 0 bridgehead atoms. The maximum Gasteiger partial charge on any atom is 0.193 e. The molecule has 4 heterocycles. The number of rotatable bonds is 4. The van der Waals surface area contributed by atoms with Crippen LogP contribution in [0.15, 0.2) is 29.4 Å². The van der Waals surface area contributed by atoms with Crippen LogP contribution in [0.25, 0.3) is 0 Å². The van der Waals surface area contributed by atoms with Crippen molar-refractivity contribution in [2.45, 2.75) is 12.0 Å². The zero-order valence-corrected chi connectivity index (χ0v) is 20.4. The molecule has 1 aromatic rings. The highest BCUT2D eigenvalue weighted by atomic mass is 127. The molecular formula is C20H33IN6OS. The lowest BCUT2D eigenvalue weighted by atomic mass is 9.95. The van der Waals surface area contributed by atoms with Crippen molar-refractivity contribution < 1.29 is 4.74 Å². The molecule has 3 aliphatic rings. The number of nitrogens with one attached hydrogen (secondary N) is 1. The van der Waals surface area contributed by atoms with Crippen LogP contribution in [0.5, 0.6) is 0 Å². The van der Waals surface area contributed by atoms with Crippen LogP contribution in [-0.4, -0.2) is 104 Å². The van der Waals surface area contributed by atoms with Gasteiger partial charge in [0.05, 0.1) is 13.2 Å². The fourth-order valence-electron chi connectivity index (χ4n) is 4.40. The van der Waals surface area contributed by atoms with E-state index in [0.717, 1.165) is 70.8 Å². The molecule has 7 nitrogen and oxygen atoms in total. The molecule has 4 rings (SSSR count). The highest BCUT2D eigenvalue weighted by Crippen LogP contribution is 2.33. The van der Waals surface area contributed by atoms with Crippen molar-refractivity contribution in [1.29, 1.82) is 0 Å². The van der Waals surface area contributed by atoms with Crippen LogP contribution in [0, 0.1) is 0 Å². The number of pyridine rings is 1. The zero-order valence-electron chi connectivity index (χ0n) is 17.3. The summed E-state index contributed by atoms with van der Waals surface area (Å²) in [6, 6.07) is 6.11. The van der Waals surface area contributed by atoms with E-state index in [1.165, 1.54) is 17.9 Å². The molecule has 0 aliphatic carbocycles. The van der Waals surface area contributed by atoms with Gasteiger partial charge in [-0.3, -0.25) is 9.89 Å². The van der Waals surface area contributed by atoms with E-state index in [0.29, 0.717) is 0 Å². The number of aliphatic imine (C=N–C) groups is 1. The number of hydrogen-bond donors (Lipinski definition) is 1. The average Bonchev–Trinajstić information content (AvgIpc) is 3.26. The molecule has 1 N–H and O–H groups in total. The minimum atomic E-state index is 0. The first kappa shape index (κ1) is 22.9. The molecule has 0 aromatic carbocycles. The summed E-state index contributed by atoms with van der Waals surface area (Å²) in [5, 5.41) is 3.72. The monoisotopic (exact) mass is 532 g/mol. The van der Waals surface area contributed by atoms with E-state index < -0.39 is 0 Å². The van der Waals surface area contributed by atoms with Gasteiger partial charge < -0.3 is 19.9 Å². The van der Waals surface area contributed by atoms with Gasteiger partial charge >= 0.3 is 0 Å². The molecule has 3 saturated heterocycles. The number of guanidine groups is 1. The second-order valence-electron chi connectivity index (χ2n) is 7.69. The molecule has 162 valence electrons. The number of nitrogens with zero attached hydrogens (tertiary/aromatic N) is 5. The third kappa shape index (κ3) is 5.48. The topological polar surface area (TPSA) is 56.2 Å². The van der Waals surface area contributed by atoms with Gasteiger partial charge in [0.15, 0.2) is 5.96 Å². The fraction of sp³-hybridized carbons (Fsp3) is 0.700. The van der Waals surface area contributed by atoms with Crippen LogP contribution in [-0.2, 0) is 4.74 Å². The Balaban J connectivity index is 0.00000240. The molecule has 0 saturated carbocycles. The first-order valence-corrected chi connectivity index (χ1v) is 11.5. The quantitative estimate of drug-likeness (QED) is 0.359. The van der Waals surface area contributed by atoms with Gasteiger partial charge in [0, 0.05) is 70.3 Å². The predicted molar refractivity (Wildman–Crippen MR) is 132 cm³/mol. The summed E-state index contributed by atoms with van der Waals surface area (Å²) in [6.07, 6.45) is 3.11. The van der Waals surface area contributed by atoms with E-state index in [1.807, 2.05) is 19.3 Å². The van der Waals surface area contributed by atoms with E-state index in [4.69, 9.17) is 4.74 Å². The van der Waals surface area contributed by atoms with E-state index in [9.17, 15) is 0 Å². The van der Waals surface area contributed by atoms with Crippen molar-refractivity contribution >= 4 is 47.5 Å². The van der Waals surface area contributed by atoms with Gasteiger partial charge in [0.25, 0.3) is 0 Å². The van der Waals surface area contributed by atoms with E-state index in [1.54, 1.807) is 0 Å². The Bertz CT molecular complexity index is 644. The van der Waals surface area contributed by atoms with Crippen molar-refractivity contribution in [3.05, 3.63) is 24.4 Å². The van der Waals surface area contributed by atoms with E-state index in [2.05, 4.69) is 53.9 Å². The van der Waals surface area contributed by atoms with Gasteiger partial charge in [-0.15, -0.1) is 24.0 Å². The number of halogens is 1. The minimum absolute atomic E-state index is 0. The van der Waals surface area contributed by atoms with Gasteiger partial charge in [0.2, 0.25) is 0 Å². The molecule has 1 aromatic heterocycles. The van der Waals surface area contributed by atoms with Crippen LogP contribution < -0.4 is 10.2 Å². The standard InChI is InChI=1S/C20H32N6OS.HI/c1-21-19(25-9-7-24(8-10-25)18-4-2-3-6-22-18)23-16-20(5-15-28-17-20)26-11-13-27-14-12-26;/h2-4,6H,5,7-17H2,1H3,(H,21,23);1H. The number of thioether (sulfide) groups is 1. The average molecular weight is 532 g/mol. The van der Waals surface area contributed by atoms with Crippen LogP contribution in [0.1, 0.15) is 6.42 Å². The van der Waals surface area contributed by atoms with E-state index in [-0.39, 0.29) is 29.5 Å². The molecule has 29 heavy (non-hydrogen) atoms. The Morgan fingerprint density at radius 2 is 2.00 bits per heavy atom. The fourth-order valence-corrected chi connectivity index (χ4v) is 5.88. The van der Waals surface area contributed by atoms with Crippen molar-refractivity contribution in [3.63, 3.8) is 0 Å². The normalized spacial score (nSPS) is 26.3. The second-order valence-corrected chi connectivity index (χ2v) is 8.79. The SMILES string of the molecule is CN=C(NCC1(N2CCOCC2)CCSC1)N1CCN(c2ccccn2)CC1.I. The lowest BCUT2D eigenvalue weighted by Gasteiger charge is -2.44. The summed E-state index contributed by atoms with van der Waals surface area (Å²) in [5.74, 6) is 4.55. The molecule has 0 spiro atoms. The number of hydrogen-bond acceptors (Lipinski definition) is 6. The lowest BCUT2D eigenvalue weighted by molar-refractivity contribution is -0.0121. The Morgan fingerprint density at radius 1 is 1.21 bits per heavy atom. The molecule has 3 fully saturated rings. The summed E-state index contributed by atoms with van der Waals surface area (Å²) in [5.41, 5.74) is 0.236. The van der Waals surface area contributed by atoms with E-state index >= 15 is 0 Å². The third-order valence-corrected chi connectivity index (χ3v) is 7.34.